The molecule has 0 saturated carbocycles. The van der Waals surface area contributed by atoms with Crippen LogP contribution in [0, 0.1) is 0 Å². The zero-order valence-electron chi connectivity index (χ0n) is 30.7. The average Bonchev–Trinajstić information content (AvgIpc) is 3.67. The molecule has 0 spiro atoms. The van der Waals surface area contributed by atoms with Crippen molar-refractivity contribution in [2.24, 2.45) is 0 Å². The van der Waals surface area contributed by atoms with Crippen molar-refractivity contribution in [3.63, 3.8) is 0 Å². The van der Waals surface area contributed by atoms with Gasteiger partial charge in [-0.25, -0.2) is 0 Å². The number of nitrogens with zero attached hydrogens (tertiary/aromatic N) is 1. The Morgan fingerprint density at radius 1 is 0.304 bits per heavy atom. The van der Waals surface area contributed by atoms with Crippen LogP contribution in [0.15, 0.2) is 224 Å². The Hall–Kier alpha value is -7.00. The van der Waals surface area contributed by atoms with Crippen LogP contribution < -0.4 is 4.90 Å². The molecule has 9 aromatic carbocycles. The van der Waals surface area contributed by atoms with Crippen LogP contribution in [0.4, 0.5) is 17.1 Å². The maximum absolute atomic E-state index is 2.44. The summed E-state index contributed by atoms with van der Waals surface area (Å²) in [7, 11) is 0. The predicted octanol–water partition coefficient (Wildman–Crippen LogP) is 15.9. The minimum absolute atomic E-state index is 1.09. The largest absolute Gasteiger partial charge is 0.310 e. The molecule has 1 nitrogen and oxygen atoms in total. The molecule has 0 atom stereocenters. The van der Waals surface area contributed by atoms with Gasteiger partial charge < -0.3 is 4.90 Å². The van der Waals surface area contributed by atoms with Crippen LogP contribution >= 0.6 is 11.3 Å². The first-order valence-electron chi connectivity index (χ1n) is 19.1. The molecule has 0 saturated heterocycles. The Morgan fingerprint density at radius 3 is 1.57 bits per heavy atom. The summed E-state index contributed by atoms with van der Waals surface area (Å²) in [5.74, 6) is 0. The van der Waals surface area contributed by atoms with Crippen LogP contribution in [-0.4, -0.2) is 0 Å². The zero-order chi connectivity index (χ0) is 37.3. The minimum Gasteiger partial charge on any atom is -0.310 e. The van der Waals surface area contributed by atoms with Crippen molar-refractivity contribution in [2.75, 3.05) is 4.90 Å². The number of rotatable bonds is 8. The highest BCUT2D eigenvalue weighted by molar-refractivity contribution is 7.25. The third-order valence-corrected chi connectivity index (χ3v) is 11.8. The third-order valence-electron chi connectivity index (χ3n) is 10.7. The molecule has 0 N–H and O–H groups in total. The Bertz CT molecular complexity index is 2950. The van der Waals surface area contributed by atoms with Crippen molar-refractivity contribution in [1.29, 1.82) is 0 Å². The van der Waals surface area contributed by atoms with Gasteiger partial charge in [-0.2, -0.15) is 0 Å². The van der Waals surface area contributed by atoms with Crippen molar-refractivity contribution in [3.05, 3.63) is 224 Å². The molecule has 1 heterocycles. The molecule has 0 radical (unpaired) electrons. The van der Waals surface area contributed by atoms with Crippen molar-refractivity contribution in [3.8, 4) is 55.6 Å². The Balaban J connectivity index is 1.21. The predicted molar refractivity (Wildman–Crippen MR) is 241 cm³/mol. The van der Waals surface area contributed by atoms with Crippen LogP contribution in [0.2, 0.25) is 0 Å². The van der Waals surface area contributed by atoms with Gasteiger partial charge in [0, 0.05) is 37.1 Å². The molecular formula is C54H37NS. The maximum atomic E-state index is 2.44. The standard InChI is InChI=1S/C54H37NS/c1-4-17-38(18-5-1)42-23-14-24-44(37-42)55(43-35-33-41(34-36-43)47-29-16-32-52-54(47)49-27-12-13-31-51(49)56-52)50-30-15-28-46(40-21-8-3-9-22-40)53(50)48-26-11-10-25-45(48)39-19-6-2-7-20-39/h1-37H. The van der Waals surface area contributed by atoms with Crippen LogP contribution in [0.25, 0.3) is 75.8 Å². The summed E-state index contributed by atoms with van der Waals surface area (Å²) in [5, 5.41) is 2.63. The van der Waals surface area contributed by atoms with Gasteiger partial charge in [0.15, 0.2) is 0 Å². The van der Waals surface area contributed by atoms with E-state index in [-0.39, 0.29) is 0 Å². The van der Waals surface area contributed by atoms with Crippen molar-refractivity contribution in [1.82, 2.24) is 0 Å². The molecular weight excluding hydrogens is 695 g/mol. The summed E-state index contributed by atoms with van der Waals surface area (Å²) in [4.78, 5) is 2.44. The second-order valence-electron chi connectivity index (χ2n) is 14.1. The molecule has 0 amide bonds. The van der Waals surface area contributed by atoms with E-state index in [0.717, 1.165) is 17.1 Å². The number of hydrogen-bond acceptors (Lipinski definition) is 2. The summed E-state index contributed by atoms with van der Waals surface area (Å²) < 4.78 is 2.63. The molecule has 0 fully saturated rings. The number of fused-ring (bicyclic) bond motifs is 3. The summed E-state index contributed by atoms with van der Waals surface area (Å²) in [6, 6.07) is 81.4. The SMILES string of the molecule is c1ccc(-c2cccc(N(c3ccc(-c4cccc5sc6ccccc6c45)cc3)c3cccc(-c4ccccc4)c3-c3ccccc3-c3ccccc3)c2)cc1. The quantitative estimate of drug-likeness (QED) is 0.150. The molecule has 0 bridgehead atoms. The van der Waals surface area contributed by atoms with Gasteiger partial charge >= 0.3 is 0 Å². The monoisotopic (exact) mass is 731 g/mol. The average molecular weight is 732 g/mol. The van der Waals surface area contributed by atoms with Crippen molar-refractivity contribution < 1.29 is 0 Å². The topological polar surface area (TPSA) is 3.24 Å². The molecule has 10 aromatic rings. The van der Waals surface area contributed by atoms with Gasteiger partial charge in [-0.3, -0.25) is 0 Å². The molecule has 0 aliphatic carbocycles. The molecule has 2 heteroatoms. The van der Waals surface area contributed by atoms with Gasteiger partial charge in [0.1, 0.15) is 0 Å². The lowest BCUT2D eigenvalue weighted by Gasteiger charge is -2.30. The first-order valence-corrected chi connectivity index (χ1v) is 19.9. The number of benzene rings is 9. The zero-order valence-corrected chi connectivity index (χ0v) is 31.5. The Labute approximate surface area is 332 Å². The van der Waals surface area contributed by atoms with E-state index >= 15 is 0 Å². The summed E-state index contributed by atoms with van der Waals surface area (Å²) >= 11 is 1.86. The van der Waals surface area contributed by atoms with E-state index in [4.69, 9.17) is 0 Å². The molecule has 0 aliphatic heterocycles. The van der Waals surface area contributed by atoms with E-state index in [0.29, 0.717) is 0 Å². The van der Waals surface area contributed by atoms with E-state index in [2.05, 4.69) is 229 Å². The lowest BCUT2D eigenvalue weighted by atomic mass is 9.87. The third kappa shape index (κ3) is 6.17. The first-order chi connectivity index (χ1) is 27.8. The van der Waals surface area contributed by atoms with E-state index in [1.165, 1.54) is 75.8 Å². The number of anilines is 3. The van der Waals surface area contributed by atoms with Gasteiger partial charge in [-0.1, -0.05) is 182 Å². The van der Waals surface area contributed by atoms with Gasteiger partial charge in [-0.15, -0.1) is 11.3 Å². The van der Waals surface area contributed by atoms with E-state index in [1.807, 2.05) is 11.3 Å². The normalized spacial score (nSPS) is 11.2. The molecule has 0 unspecified atom stereocenters. The second-order valence-corrected chi connectivity index (χ2v) is 15.1. The fourth-order valence-corrected chi connectivity index (χ4v) is 9.26. The summed E-state index contributed by atoms with van der Waals surface area (Å²) in [5.41, 5.74) is 15.2. The Morgan fingerprint density at radius 2 is 0.821 bits per heavy atom. The Kier molecular flexibility index (Phi) is 8.79. The molecule has 56 heavy (non-hydrogen) atoms. The number of hydrogen-bond donors (Lipinski definition) is 0. The number of thiophene rings is 1. The fourth-order valence-electron chi connectivity index (χ4n) is 8.13. The minimum atomic E-state index is 1.09. The summed E-state index contributed by atoms with van der Waals surface area (Å²) in [6.45, 7) is 0. The van der Waals surface area contributed by atoms with Gasteiger partial charge in [0.2, 0.25) is 0 Å². The first kappa shape index (κ1) is 33.6. The van der Waals surface area contributed by atoms with Crippen LogP contribution in [0.5, 0.6) is 0 Å². The van der Waals surface area contributed by atoms with Gasteiger partial charge in [-0.05, 0) is 92.5 Å². The van der Waals surface area contributed by atoms with Crippen LogP contribution in [0.1, 0.15) is 0 Å². The van der Waals surface area contributed by atoms with Gasteiger partial charge in [0.05, 0.1) is 5.69 Å². The highest BCUT2D eigenvalue weighted by Gasteiger charge is 2.23. The molecule has 264 valence electrons. The summed E-state index contributed by atoms with van der Waals surface area (Å²) in [6.07, 6.45) is 0. The maximum Gasteiger partial charge on any atom is 0.0546 e. The van der Waals surface area contributed by atoms with Crippen molar-refractivity contribution in [2.45, 2.75) is 0 Å². The highest BCUT2D eigenvalue weighted by Crippen LogP contribution is 2.49. The van der Waals surface area contributed by atoms with E-state index < -0.39 is 0 Å². The lowest BCUT2D eigenvalue weighted by Crippen LogP contribution is -2.12. The van der Waals surface area contributed by atoms with Gasteiger partial charge in [0.25, 0.3) is 0 Å². The van der Waals surface area contributed by atoms with Crippen LogP contribution in [-0.2, 0) is 0 Å². The highest BCUT2D eigenvalue weighted by atomic mass is 32.1. The van der Waals surface area contributed by atoms with Crippen LogP contribution in [0.3, 0.4) is 0 Å². The van der Waals surface area contributed by atoms with E-state index in [9.17, 15) is 0 Å². The van der Waals surface area contributed by atoms with E-state index in [1.54, 1.807) is 0 Å². The molecule has 10 rings (SSSR count). The molecule has 0 aliphatic rings. The van der Waals surface area contributed by atoms with Crippen molar-refractivity contribution >= 4 is 48.6 Å². The smallest absolute Gasteiger partial charge is 0.0546 e. The lowest BCUT2D eigenvalue weighted by molar-refractivity contribution is 1.28. The fraction of sp³-hybridized carbons (Fsp3) is 0. The molecule has 1 aromatic heterocycles. The second kappa shape index (κ2) is 14.7.